The molecule has 4 nitrogen and oxygen atoms in total. The molecule has 5 heteroatoms. The minimum Gasteiger partial charge on any atom is -0.452 e. The highest BCUT2D eigenvalue weighted by atomic mass is 19.1. The van der Waals surface area contributed by atoms with Gasteiger partial charge in [-0.25, -0.2) is 9.18 Å². The van der Waals surface area contributed by atoms with Crippen LogP contribution >= 0.6 is 0 Å². The number of rotatable bonds is 5. The van der Waals surface area contributed by atoms with Gasteiger partial charge in [-0.05, 0) is 55.7 Å². The number of hydrogen-bond acceptors (Lipinski definition) is 3. The van der Waals surface area contributed by atoms with Gasteiger partial charge >= 0.3 is 5.97 Å². The molecule has 0 saturated carbocycles. The summed E-state index contributed by atoms with van der Waals surface area (Å²) in [5.41, 5.74) is 4.27. The molecule has 0 aliphatic rings. The Kier molecular flexibility index (Phi) is 6.06. The Bertz CT molecular complexity index is 804. The molecule has 2 aromatic carbocycles. The Morgan fingerprint density at radius 3 is 2.44 bits per heavy atom. The molecule has 2 rings (SSSR count). The molecular formula is C20H20FNO3. The van der Waals surface area contributed by atoms with Gasteiger partial charge in [-0.3, -0.25) is 4.79 Å². The number of halogens is 1. The van der Waals surface area contributed by atoms with Crippen molar-refractivity contribution in [2.45, 2.75) is 20.8 Å². The quantitative estimate of drug-likeness (QED) is 0.662. The first-order chi connectivity index (χ1) is 11.8. The van der Waals surface area contributed by atoms with Crippen molar-refractivity contribution in [2.24, 2.45) is 0 Å². The van der Waals surface area contributed by atoms with E-state index in [1.165, 1.54) is 18.2 Å². The lowest BCUT2D eigenvalue weighted by Crippen LogP contribution is -2.21. The number of benzene rings is 2. The molecule has 0 bridgehead atoms. The maximum absolute atomic E-state index is 13.0. The van der Waals surface area contributed by atoms with Gasteiger partial charge in [0.05, 0.1) is 0 Å². The second-order valence-corrected chi connectivity index (χ2v) is 5.82. The normalized spacial score (nSPS) is 10.7. The van der Waals surface area contributed by atoms with Gasteiger partial charge in [0, 0.05) is 11.8 Å². The van der Waals surface area contributed by atoms with Crippen molar-refractivity contribution >= 4 is 23.6 Å². The highest BCUT2D eigenvalue weighted by molar-refractivity contribution is 5.95. The zero-order valence-corrected chi connectivity index (χ0v) is 14.4. The Morgan fingerprint density at radius 1 is 1.12 bits per heavy atom. The van der Waals surface area contributed by atoms with Gasteiger partial charge < -0.3 is 10.1 Å². The van der Waals surface area contributed by atoms with Crippen molar-refractivity contribution in [1.29, 1.82) is 0 Å². The summed E-state index contributed by atoms with van der Waals surface area (Å²) in [4.78, 5) is 23.6. The molecule has 0 saturated heterocycles. The van der Waals surface area contributed by atoms with Crippen LogP contribution in [0.4, 0.5) is 10.1 Å². The first-order valence-electron chi connectivity index (χ1n) is 7.83. The highest BCUT2D eigenvalue weighted by Crippen LogP contribution is 2.21. The van der Waals surface area contributed by atoms with Crippen LogP contribution < -0.4 is 5.32 Å². The van der Waals surface area contributed by atoms with Crippen molar-refractivity contribution in [3.63, 3.8) is 0 Å². The van der Waals surface area contributed by atoms with Crippen molar-refractivity contribution in [1.82, 2.24) is 0 Å². The van der Waals surface area contributed by atoms with Crippen molar-refractivity contribution in [2.75, 3.05) is 11.9 Å². The summed E-state index contributed by atoms with van der Waals surface area (Å²) in [6, 6.07) is 9.74. The number of hydrogen-bond donors (Lipinski definition) is 1. The second-order valence-electron chi connectivity index (χ2n) is 5.82. The fraction of sp³-hybridized carbons (Fsp3) is 0.200. The van der Waals surface area contributed by atoms with Crippen molar-refractivity contribution < 1.29 is 18.7 Å². The lowest BCUT2D eigenvalue weighted by molar-refractivity contribution is -0.142. The van der Waals surface area contributed by atoms with E-state index in [4.69, 9.17) is 4.74 Å². The van der Waals surface area contributed by atoms with Gasteiger partial charge in [-0.15, -0.1) is 0 Å². The summed E-state index contributed by atoms with van der Waals surface area (Å²) in [5.74, 6) is -1.47. The summed E-state index contributed by atoms with van der Waals surface area (Å²) in [6.07, 6.45) is 2.59. The molecule has 0 aliphatic carbocycles. The number of anilines is 1. The van der Waals surface area contributed by atoms with E-state index in [2.05, 4.69) is 5.32 Å². The van der Waals surface area contributed by atoms with E-state index in [-0.39, 0.29) is 6.61 Å². The molecule has 0 radical (unpaired) electrons. The first kappa shape index (κ1) is 18.4. The van der Waals surface area contributed by atoms with Gasteiger partial charge in [-0.1, -0.05) is 29.8 Å². The predicted octanol–water partition coefficient (Wildman–Crippen LogP) is 3.95. The van der Waals surface area contributed by atoms with Crippen LogP contribution in [0.25, 0.3) is 6.08 Å². The largest absolute Gasteiger partial charge is 0.452 e. The average molecular weight is 341 g/mol. The van der Waals surface area contributed by atoms with Gasteiger partial charge in [0.15, 0.2) is 6.61 Å². The number of ether oxygens (including phenoxy) is 1. The molecule has 1 N–H and O–H groups in total. The minimum absolute atomic E-state index is 0.390. The monoisotopic (exact) mass is 341 g/mol. The molecule has 0 unspecified atom stereocenters. The predicted molar refractivity (Wildman–Crippen MR) is 95.7 cm³/mol. The number of carbonyl (C=O) groups is 2. The van der Waals surface area contributed by atoms with E-state index < -0.39 is 17.7 Å². The minimum atomic E-state index is -0.670. The summed E-state index contributed by atoms with van der Waals surface area (Å²) >= 11 is 0. The fourth-order valence-corrected chi connectivity index (χ4v) is 2.51. The van der Waals surface area contributed by atoms with E-state index in [0.29, 0.717) is 5.56 Å². The zero-order valence-electron chi connectivity index (χ0n) is 14.4. The molecule has 130 valence electrons. The zero-order chi connectivity index (χ0) is 18.4. The molecule has 0 fully saturated rings. The maximum Gasteiger partial charge on any atom is 0.331 e. The Hall–Kier alpha value is -2.95. The Labute approximate surface area is 146 Å². The number of esters is 1. The van der Waals surface area contributed by atoms with Crippen LogP contribution in [0.2, 0.25) is 0 Å². The molecule has 1 amide bonds. The second kappa shape index (κ2) is 8.24. The first-order valence-corrected chi connectivity index (χ1v) is 7.83. The summed E-state index contributed by atoms with van der Waals surface area (Å²) in [7, 11) is 0. The standard InChI is InChI=1S/C20H20FNO3/c1-13-9-14(2)20(15(3)10-13)22-18(23)12-25-19(24)8-7-16-5-4-6-17(21)11-16/h4-11H,12H2,1-3H3,(H,22,23)/b8-7+. The van der Waals surface area contributed by atoms with E-state index >= 15 is 0 Å². The highest BCUT2D eigenvalue weighted by Gasteiger charge is 2.10. The third-order valence-corrected chi connectivity index (χ3v) is 3.55. The van der Waals surface area contributed by atoms with E-state index in [1.54, 1.807) is 12.1 Å². The number of amides is 1. The van der Waals surface area contributed by atoms with Crippen LogP contribution in [0.1, 0.15) is 22.3 Å². The number of nitrogens with one attached hydrogen (secondary N) is 1. The van der Waals surface area contributed by atoms with Crippen molar-refractivity contribution in [3.05, 3.63) is 70.5 Å². The molecular weight excluding hydrogens is 321 g/mol. The van der Waals surface area contributed by atoms with Gasteiger partial charge in [-0.2, -0.15) is 0 Å². The third kappa shape index (κ3) is 5.57. The average Bonchev–Trinajstić information content (AvgIpc) is 2.54. The van der Waals surface area contributed by atoms with Crippen molar-refractivity contribution in [3.8, 4) is 0 Å². The SMILES string of the molecule is Cc1cc(C)c(NC(=O)COC(=O)/C=C/c2cccc(F)c2)c(C)c1. The van der Waals surface area contributed by atoms with E-state index in [0.717, 1.165) is 28.5 Å². The van der Waals surface area contributed by atoms with Crippen LogP contribution in [-0.2, 0) is 14.3 Å². The Morgan fingerprint density at radius 2 is 1.80 bits per heavy atom. The van der Waals surface area contributed by atoms with Crippen LogP contribution in [0.5, 0.6) is 0 Å². The smallest absolute Gasteiger partial charge is 0.331 e. The third-order valence-electron chi connectivity index (χ3n) is 3.55. The van der Waals surface area contributed by atoms with Gasteiger partial charge in [0.25, 0.3) is 5.91 Å². The van der Waals surface area contributed by atoms with Crippen LogP contribution in [0.15, 0.2) is 42.5 Å². The molecule has 2 aromatic rings. The molecule has 0 aliphatic heterocycles. The lowest BCUT2D eigenvalue weighted by Gasteiger charge is -2.12. The lowest BCUT2D eigenvalue weighted by atomic mass is 10.1. The molecule has 0 heterocycles. The van der Waals surface area contributed by atoms with Crippen LogP contribution in [0.3, 0.4) is 0 Å². The fourth-order valence-electron chi connectivity index (χ4n) is 2.51. The molecule has 0 aromatic heterocycles. The number of carbonyl (C=O) groups excluding carboxylic acids is 2. The topological polar surface area (TPSA) is 55.4 Å². The summed E-state index contributed by atoms with van der Waals surface area (Å²) in [5, 5.41) is 2.75. The summed E-state index contributed by atoms with van der Waals surface area (Å²) in [6.45, 7) is 5.41. The van der Waals surface area contributed by atoms with E-state index in [9.17, 15) is 14.0 Å². The maximum atomic E-state index is 13.0. The van der Waals surface area contributed by atoms with Gasteiger partial charge in [0.1, 0.15) is 5.82 Å². The summed E-state index contributed by atoms with van der Waals surface area (Å²) < 4.78 is 17.9. The molecule has 0 atom stereocenters. The Balaban J connectivity index is 1.88. The van der Waals surface area contributed by atoms with E-state index in [1.807, 2.05) is 32.9 Å². The molecule has 25 heavy (non-hydrogen) atoms. The van der Waals surface area contributed by atoms with Crippen LogP contribution in [-0.4, -0.2) is 18.5 Å². The van der Waals surface area contributed by atoms with Crippen LogP contribution in [0, 0.1) is 26.6 Å². The molecule has 0 spiro atoms. The van der Waals surface area contributed by atoms with Gasteiger partial charge in [0.2, 0.25) is 0 Å². The number of aryl methyl sites for hydroxylation is 3.